The average molecular weight is 384 g/mol. The molecule has 4 aromatic rings. The molecule has 2 aromatic carbocycles. The van der Waals surface area contributed by atoms with Crippen LogP contribution in [0.2, 0.25) is 0 Å². The maximum atomic E-state index is 12.4. The van der Waals surface area contributed by atoms with Gasteiger partial charge in [0.05, 0.1) is 0 Å². The van der Waals surface area contributed by atoms with Gasteiger partial charge in [-0.1, -0.05) is 54.1 Å². The summed E-state index contributed by atoms with van der Waals surface area (Å²) in [5.74, 6) is 0.00461. The Morgan fingerprint density at radius 1 is 1.03 bits per heavy atom. The predicted octanol–water partition coefficient (Wildman–Crippen LogP) is 4.50. The number of aromatic nitrogens is 2. The topological polar surface area (TPSA) is 69.8 Å². The number of carbonyl (C=O) groups excluding carboxylic acids is 1. The molecule has 0 bridgehead atoms. The molecule has 2 amide bonds. The number of hydrogen-bond donors (Lipinski definition) is 3. The smallest absolute Gasteiger partial charge is 0.315 e. The Morgan fingerprint density at radius 3 is 2.66 bits per heavy atom. The maximum absolute atomic E-state index is 12.4. The normalized spacial score (nSPS) is 11.9. The minimum atomic E-state index is -0.181. The summed E-state index contributed by atoms with van der Waals surface area (Å²) in [5, 5.41) is 7.11. The second-order valence-corrected chi connectivity index (χ2v) is 7.18. The second-order valence-electron chi connectivity index (χ2n) is 7.18. The van der Waals surface area contributed by atoms with Gasteiger partial charge in [0.1, 0.15) is 0 Å². The number of pyridine rings is 1. The SMILES string of the molecule is Cc1ccc(CNC(=O)NCC(c2cccnc2)c2c[nH]c3ccccc23)cc1. The van der Waals surface area contributed by atoms with E-state index in [-0.39, 0.29) is 11.9 Å². The molecule has 0 spiro atoms. The van der Waals surface area contributed by atoms with E-state index in [1.165, 1.54) is 5.56 Å². The molecular formula is C24H24N4O. The Bertz CT molecular complexity index is 1090. The lowest BCUT2D eigenvalue weighted by atomic mass is 9.92. The average Bonchev–Trinajstić information content (AvgIpc) is 3.18. The number of para-hydroxylation sites is 1. The molecule has 5 nitrogen and oxygen atoms in total. The third kappa shape index (κ3) is 4.46. The molecule has 0 aliphatic carbocycles. The number of benzene rings is 2. The molecule has 0 aliphatic heterocycles. The number of rotatable bonds is 6. The first-order valence-corrected chi connectivity index (χ1v) is 9.74. The number of fused-ring (bicyclic) bond motifs is 1. The molecule has 146 valence electrons. The van der Waals surface area contributed by atoms with Crippen molar-refractivity contribution < 1.29 is 4.79 Å². The van der Waals surface area contributed by atoms with Crippen molar-refractivity contribution in [2.45, 2.75) is 19.4 Å². The van der Waals surface area contributed by atoms with Crippen LogP contribution in [0.15, 0.2) is 79.3 Å². The molecule has 0 aliphatic rings. The van der Waals surface area contributed by atoms with Gasteiger partial charge in [-0.3, -0.25) is 4.98 Å². The van der Waals surface area contributed by atoms with E-state index in [2.05, 4.69) is 32.7 Å². The maximum Gasteiger partial charge on any atom is 0.315 e. The van der Waals surface area contributed by atoms with E-state index in [1.54, 1.807) is 6.20 Å². The van der Waals surface area contributed by atoms with Crippen LogP contribution in [0, 0.1) is 6.92 Å². The van der Waals surface area contributed by atoms with Crippen molar-refractivity contribution in [3.63, 3.8) is 0 Å². The van der Waals surface area contributed by atoms with E-state index in [9.17, 15) is 4.79 Å². The van der Waals surface area contributed by atoms with Crippen molar-refractivity contribution in [1.29, 1.82) is 0 Å². The number of nitrogens with one attached hydrogen (secondary N) is 3. The minimum absolute atomic E-state index is 0.00461. The van der Waals surface area contributed by atoms with Gasteiger partial charge in [-0.2, -0.15) is 0 Å². The van der Waals surface area contributed by atoms with Crippen LogP contribution in [0.5, 0.6) is 0 Å². The van der Waals surface area contributed by atoms with Crippen LogP contribution in [0.25, 0.3) is 10.9 Å². The molecule has 0 saturated heterocycles. The van der Waals surface area contributed by atoms with Gasteiger partial charge >= 0.3 is 6.03 Å². The fraction of sp³-hybridized carbons (Fsp3) is 0.167. The van der Waals surface area contributed by atoms with Crippen LogP contribution in [0.1, 0.15) is 28.2 Å². The molecule has 0 radical (unpaired) electrons. The highest BCUT2D eigenvalue weighted by atomic mass is 16.2. The van der Waals surface area contributed by atoms with Crippen molar-refractivity contribution in [2.24, 2.45) is 0 Å². The number of aromatic amines is 1. The third-order valence-corrected chi connectivity index (χ3v) is 5.12. The zero-order valence-electron chi connectivity index (χ0n) is 16.4. The third-order valence-electron chi connectivity index (χ3n) is 5.12. The van der Waals surface area contributed by atoms with Crippen LogP contribution < -0.4 is 10.6 Å². The van der Waals surface area contributed by atoms with Gasteiger partial charge in [0.15, 0.2) is 0 Å². The fourth-order valence-corrected chi connectivity index (χ4v) is 3.52. The van der Waals surface area contributed by atoms with E-state index in [1.807, 2.05) is 67.8 Å². The van der Waals surface area contributed by atoms with Crippen LogP contribution in [0.3, 0.4) is 0 Å². The van der Waals surface area contributed by atoms with Crippen molar-refractivity contribution in [2.75, 3.05) is 6.54 Å². The van der Waals surface area contributed by atoms with Crippen molar-refractivity contribution in [3.8, 4) is 0 Å². The number of carbonyl (C=O) groups is 1. The Hall–Kier alpha value is -3.60. The van der Waals surface area contributed by atoms with Crippen LogP contribution in [0.4, 0.5) is 4.79 Å². The highest BCUT2D eigenvalue weighted by Crippen LogP contribution is 2.30. The number of hydrogen-bond acceptors (Lipinski definition) is 2. The molecule has 2 heterocycles. The van der Waals surface area contributed by atoms with E-state index in [0.717, 1.165) is 27.6 Å². The van der Waals surface area contributed by atoms with Crippen LogP contribution >= 0.6 is 0 Å². The van der Waals surface area contributed by atoms with E-state index < -0.39 is 0 Å². The summed E-state index contributed by atoms with van der Waals surface area (Å²) in [6, 6.07) is 20.1. The quantitative estimate of drug-likeness (QED) is 0.458. The first-order chi connectivity index (χ1) is 14.2. The molecule has 5 heteroatoms. The number of H-pyrrole nitrogens is 1. The largest absolute Gasteiger partial charge is 0.361 e. The van der Waals surface area contributed by atoms with Gasteiger partial charge in [0, 0.05) is 48.5 Å². The van der Waals surface area contributed by atoms with Crippen LogP contribution in [-0.4, -0.2) is 22.5 Å². The molecular weight excluding hydrogens is 360 g/mol. The summed E-state index contributed by atoms with van der Waals surface area (Å²) < 4.78 is 0. The van der Waals surface area contributed by atoms with Gasteiger partial charge in [-0.15, -0.1) is 0 Å². The summed E-state index contributed by atoms with van der Waals surface area (Å²) >= 11 is 0. The van der Waals surface area contributed by atoms with E-state index in [4.69, 9.17) is 0 Å². The number of aryl methyl sites for hydroxylation is 1. The summed E-state index contributed by atoms with van der Waals surface area (Å²) in [6.07, 6.45) is 5.64. The van der Waals surface area contributed by atoms with Gasteiger partial charge < -0.3 is 15.6 Å². The number of amides is 2. The van der Waals surface area contributed by atoms with Crippen molar-refractivity contribution in [3.05, 3.63) is 102 Å². The highest BCUT2D eigenvalue weighted by molar-refractivity contribution is 5.84. The van der Waals surface area contributed by atoms with Crippen LogP contribution in [-0.2, 0) is 6.54 Å². The molecule has 1 atom stereocenters. The summed E-state index contributed by atoms with van der Waals surface area (Å²) in [7, 11) is 0. The Labute approximate surface area is 170 Å². The lowest BCUT2D eigenvalue weighted by molar-refractivity contribution is 0.240. The lowest BCUT2D eigenvalue weighted by Gasteiger charge is -2.18. The first kappa shape index (κ1) is 18.7. The Kier molecular flexibility index (Phi) is 5.56. The zero-order chi connectivity index (χ0) is 20.1. The highest BCUT2D eigenvalue weighted by Gasteiger charge is 2.19. The van der Waals surface area contributed by atoms with Gasteiger partial charge in [-0.05, 0) is 35.7 Å². The molecule has 0 fully saturated rings. The first-order valence-electron chi connectivity index (χ1n) is 9.74. The fourth-order valence-electron chi connectivity index (χ4n) is 3.52. The Balaban J connectivity index is 1.47. The molecule has 3 N–H and O–H groups in total. The minimum Gasteiger partial charge on any atom is -0.361 e. The van der Waals surface area contributed by atoms with E-state index >= 15 is 0 Å². The van der Waals surface area contributed by atoms with Gasteiger partial charge in [-0.25, -0.2) is 4.79 Å². The lowest BCUT2D eigenvalue weighted by Crippen LogP contribution is -2.37. The van der Waals surface area contributed by atoms with Gasteiger partial charge in [0.25, 0.3) is 0 Å². The predicted molar refractivity (Wildman–Crippen MR) is 116 cm³/mol. The molecule has 29 heavy (non-hydrogen) atoms. The summed E-state index contributed by atoms with van der Waals surface area (Å²) in [6.45, 7) is 3.03. The van der Waals surface area contributed by atoms with E-state index in [0.29, 0.717) is 13.1 Å². The monoisotopic (exact) mass is 384 g/mol. The van der Waals surface area contributed by atoms with Gasteiger partial charge in [0.2, 0.25) is 0 Å². The molecule has 2 aromatic heterocycles. The number of urea groups is 1. The second kappa shape index (κ2) is 8.61. The standard InChI is InChI=1S/C24H24N4O/c1-17-8-10-18(11-9-17)13-27-24(29)28-15-21(19-5-4-12-25-14-19)22-16-26-23-7-3-2-6-20(22)23/h2-12,14,16,21,26H,13,15H2,1H3,(H2,27,28,29). The Morgan fingerprint density at radius 2 is 1.86 bits per heavy atom. The molecule has 1 unspecified atom stereocenters. The van der Waals surface area contributed by atoms with Crippen molar-refractivity contribution >= 4 is 16.9 Å². The summed E-state index contributed by atoms with van der Waals surface area (Å²) in [5.41, 5.74) is 5.58. The molecule has 0 saturated carbocycles. The zero-order valence-corrected chi connectivity index (χ0v) is 16.4. The van der Waals surface area contributed by atoms with Crippen molar-refractivity contribution in [1.82, 2.24) is 20.6 Å². The number of nitrogens with zero attached hydrogens (tertiary/aromatic N) is 1. The summed E-state index contributed by atoms with van der Waals surface area (Å²) in [4.78, 5) is 20.0. The molecule has 4 rings (SSSR count).